The van der Waals surface area contributed by atoms with Gasteiger partial charge in [-0.1, -0.05) is 0 Å². The molecule has 1 fully saturated rings. The van der Waals surface area contributed by atoms with Crippen molar-refractivity contribution < 1.29 is 17.5 Å². The summed E-state index contributed by atoms with van der Waals surface area (Å²) in [5.41, 5.74) is 5.22. The third-order valence-electron chi connectivity index (χ3n) is 3.26. The average Bonchev–Trinajstić information content (AvgIpc) is 2.25. The van der Waals surface area contributed by atoms with Crippen LogP contribution in [0.3, 0.4) is 0 Å². The summed E-state index contributed by atoms with van der Waals surface area (Å²) in [6.45, 7) is 4.28. The zero-order valence-corrected chi connectivity index (χ0v) is 12.3. The second kappa shape index (κ2) is 5.31. The molecule has 1 aromatic carbocycles. The molecular formula is C13H19FN2O3S. The van der Waals surface area contributed by atoms with Crippen LogP contribution in [-0.4, -0.2) is 26.7 Å². The SMILES string of the molecule is CC1(C)CC(NS(=O)(=O)c2ccc(N)cc2F)CCO1. The van der Waals surface area contributed by atoms with Gasteiger partial charge in [0.15, 0.2) is 0 Å². The second-order valence-electron chi connectivity index (χ2n) is 5.61. The lowest BCUT2D eigenvalue weighted by molar-refractivity contribution is -0.0599. The Hall–Kier alpha value is -1.18. The molecule has 1 heterocycles. The summed E-state index contributed by atoms with van der Waals surface area (Å²) >= 11 is 0. The number of rotatable bonds is 3. The smallest absolute Gasteiger partial charge is 0.243 e. The molecule has 0 aliphatic carbocycles. The predicted octanol–water partition coefficient (Wildman–Crippen LogP) is 1.64. The van der Waals surface area contributed by atoms with E-state index in [9.17, 15) is 12.8 Å². The highest BCUT2D eigenvalue weighted by Crippen LogP contribution is 2.26. The maximum Gasteiger partial charge on any atom is 0.243 e. The van der Waals surface area contributed by atoms with Crippen LogP contribution in [0.5, 0.6) is 0 Å². The van der Waals surface area contributed by atoms with Crippen LogP contribution in [0.1, 0.15) is 26.7 Å². The summed E-state index contributed by atoms with van der Waals surface area (Å²) < 4.78 is 46.2. The molecule has 112 valence electrons. The zero-order chi connectivity index (χ0) is 15.0. The molecule has 0 radical (unpaired) electrons. The van der Waals surface area contributed by atoms with Gasteiger partial charge in [-0.05, 0) is 44.9 Å². The number of hydrogen-bond donors (Lipinski definition) is 2. The van der Waals surface area contributed by atoms with Gasteiger partial charge in [-0.3, -0.25) is 0 Å². The minimum Gasteiger partial charge on any atom is -0.399 e. The number of ether oxygens (including phenoxy) is 1. The summed E-state index contributed by atoms with van der Waals surface area (Å²) in [6.07, 6.45) is 1.11. The van der Waals surface area contributed by atoms with Crippen LogP contribution in [0.2, 0.25) is 0 Å². The fourth-order valence-electron chi connectivity index (χ4n) is 2.35. The fourth-order valence-corrected chi connectivity index (χ4v) is 3.68. The van der Waals surface area contributed by atoms with Crippen molar-refractivity contribution in [2.24, 2.45) is 0 Å². The number of sulfonamides is 1. The molecule has 1 aliphatic rings. The number of nitrogens with two attached hydrogens (primary N) is 1. The van der Waals surface area contributed by atoms with Crippen LogP contribution in [0.15, 0.2) is 23.1 Å². The van der Waals surface area contributed by atoms with Crippen LogP contribution in [0.25, 0.3) is 0 Å². The van der Waals surface area contributed by atoms with E-state index < -0.39 is 15.8 Å². The number of nitrogens with one attached hydrogen (secondary N) is 1. The minimum atomic E-state index is -3.89. The van der Waals surface area contributed by atoms with Crippen molar-refractivity contribution in [1.82, 2.24) is 4.72 Å². The summed E-state index contributed by atoms with van der Waals surface area (Å²) in [5.74, 6) is -0.844. The predicted molar refractivity (Wildman–Crippen MR) is 74.2 cm³/mol. The van der Waals surface area contributed by atoms with Crippen molar-refractivity contribution in [3.05, 3.63) is 24.0 Å². The Morgan fingerprint density at radius 1 is 1.45 bits per heavy atom. The second-order valence-corrected chi connectivity index (χ2v) is 7.29. The van der Waals surface area contributed by atoms with Crippen LogP contribution in [0.4, 0.5) is 10.1 Å². The number of nitrogen functional groups attached to an aromatic ring is 1. The summed E-state index contributed by atoms with van der Waals surface area (Å²) in [6, 6.07) is 3.28. The minimum absolute atomic E-state index is 0.189. The molecule has 2 rings (SSSR count). The van der Waals surface area contributed by atoms with E-state index in [1.165, 1.54) is 12.1 Å². The summed E-state index contributed by atoms with van der Waals surface area (Å²) in [5, 5.41) is 0. The van der Waals surface area contributed by atoms with E-state index in [-0.39, 0.29) is 22.2 Å². The van der Waals surface area contributed by atoms with Gasteiger partial charge in [0.2, 0.25) is 10.0 Å². The molecule has 20 heavy (non-hydrogen) atoms. The normalized spacial score (nSPS) is 22.6. The Bertz CT molecular complexity index is 602. The molecule has 1 unspecified atom stereocenters. The number of halogens is 1. The lowest BCUT2D eigenvalue weighted by atomic mass is 9.95. The summed E-state index contributed by atoms with van der Waals surface area (Å²) in [7, 11) is -3.89. The molecule has 0 bridgehead atoms. The van der Waals surface area contributed by atoms with Gasteiger partial charge in [0, 0.05) is 18.3 Å². The number of hydrogen-bond acceptors (Lipinski definition) is 4. The Morgan fingerprint density at radius 2 is 2.15 bits per heavy atom. The first-order valence-corrected chi connectivity index (χ1v) is 7.89. The first-order valence-electron chi connectivity index (χ1n) is 6.41. The maximum atomic E-state index is 13.7. The van der Waals surface area contributed by atoms with E-state index in [1.54, 1.807) is 0 Å². The molecular weight excluding hydrogens is 283 g/mol. The van der Waals surface area contributed by atoms with Crippen LogP contribution < -0.4 is 10.5 Å². The van der Waals surface area contributed by atoms with Gasteiger partial charge < -0.3 is 10.5 Å². The maximum absolute atomic E-state index is 13.7. The topological polar surface area (TPSA) is 81.4 Å². The van der Waals surface area contributed by atoms with Gasteiger partial charge in [0.05, 0.1) is 5.60 Å². The van der Waals surface area contributed by atoms with E-state index in [0.717, 1.165) is 6.07 Å². The fraction of sp³-hybridized carbons (Fsp3) is 0.538. The molecule has 5 nitrogen and oxygen atoms in total. The highest BCUT2D eigenvalue weighted by Gasteiger charge is 2.32. The van der Waals surface area contributed by atoms with E-state index in [4.69, 9.17) is 10.5 Å². The molecule has 0 aromatic heterocycles. The summed E-state index contributed by atoms with van der Waals surface area (Å²) in [4.78, 5) is -0.379. The van der Waals surface area contributed by atoms with Crippen molar-refractivity contribution >= 4 is 15.7 Å². The third-order valence-corrected chi connectivity index (χ3v) is 4.82. The largest absolute Gasteiger partial charge is 0.399 e. The molecule has 3 N–H and O–H groups in total. The van der Waals surface area contributed by atoms with Gasteiger partial charge in [0.25, 0.3) is 0 Å². The van der Waals surface area contributed by atoms with E-state index >= 15 is 0 Å². The highest BCUT2D eigenvalue weighted by atomic mass is 32.2. The van der Waals surface area contributed by atoms with Crippen molar-refractivity contribution in [3.8, 4) is 0 Å². The molecule has 0 spiro atoms. The lowest BCUT2D eigenvalue weighted by Crippen LogP contribution is -2.45. The molecule has 1 saturated heterocycles. The highest BCUT2D eigenvalue weighted by molar-refractivity contribution is 7.89. The number of anilines is 1. The Kier molecular flexibility index (Phi) is 4.04. The lowest BCUT2D eigenvalue weighted by Gasteiger charge is -2.35. The average molecular weight is 302 g/mol. The number of benzene rings is 1. The molecule has 7 heteroatoms. The third kappa shape index (κ3) is 3.47. The Balaban J connectivity index is 2.19. The van der Waals surface area contributed by atoms with Gasteiger partial charge >= 0.3 is 0 Å². The van der Waals surface area contributed by atoms with Gasteiger partial charge in [-0.2, -0.15) is 0 Å². The van der Waals surface area contributed by atoms with Gasteiger partial charge in [-0.15, -0.1) is 0 Å². The van der Waals surface area contributed by atoms with Crippen molar-refractivity contribution in [3.63, 3.8) is 0 Å². The van der Waals surface area contributed by atoms with Crippen LogP contribution in [0, 0.1) is 5.82 Å². The molecule has 0 amide bonds. The van der Waals surface area contributed by atoms with E-state index in [1.807, 2.05) is 13.8 Å². The van der Waals surface area contributed by atoms with Crippen molar-refractivity contribution in [2.45, 2.75) is 43.2 Å². The van der Waals surface area contributed by atoms with Gasteiger partial charge in [0.1, 0.15) is 10.7 Å². The van der Waals surface area contributed by atoms with Crippen LogP contribution in [-0.2, 0) is 14.8 Å². The zero-order valence-electron chi connectivity index (χ0n) is 11.5. The molecule has 1 aromatic rings. The Labute approximate surface area is 118 Å². The first kappa shape index (κ1) is 15.2. The standard InChI is InChI=1S/C13H19FN2O3S/c1-13(2)8-10(5-6-19-13)16-20(17,18)12-4-3-9(15)7-11(12)14/h3-4,7,10,16H,5-6,8,15H2,1-2H3. The van der Waals surface area contributed by atoms with E-state index in [2.05, 4.69) is 4.72 Å². The van der Waals surface area contributed by atoms with Crippen molar-refractivity contribution in [1.29, 1.82) is 0 Å². The van der Waals surface area contributed by atoms with E-state index in [0.29, 0.717) is 19.4 Å². The molecule has 1 atom stereocenters. The first-order chi connectivity index (χ1) is 9.20. The monoisotopic (exact) mass is 302 g/mol. The van der Waals surface area contributed by atoms with Crippen molar-refractivity contribution in [2.75, 3.05) is 12.3 Å². The molecule has 0 saturated carbocycles. The quantitative estimate of drug-likeness (QED) is 0.832. The molecule has 1 aliphatic heterocycles. The Morgan fingerprint density at radius 3 is 2.75 bits per heavy atom. The van der Waals surface area contributed by atoms with Gasteiger partial charge in [-0.25, -0.2) is 17.5 Å². The van der Waals surface area contributed by atoms with Crippen LogP contribution >= 0.6 is 0 Å².